The van der Waals surface area contributed by atoms with Gasteiger partial charge in [0, 0.05) is 12.8 Å². The van der Waals surface area contributed by atoms with Gasteiger partial charge in [0.25, 0.3) is 0 Å². The average Bonchev–Trinajstić information content (AvgIpc) is 2.65. The number of hydrogen-bond donors (Lipinski definition) is 0. The van der Waals surface area contributed by atoms with Crippen molar-refractivity contribution in [1.29, 1.82) is 0 Å². The van der Waals surface area contributed by atoms with Crippen LogP contribution in [0.15, 0.2) is 0 Å². The van der Waals surface area contributed by atoms with E-state index in [-0.39, 0.29) is 17.5 Å². The largest absolute Gasteiger partial charge is 0.299 e. The van der Waals surface area contributed by atoms with Crippen LogP contribution in [-0.4, -0.2) is 11.6 Å². The zero-order valence-electron chi connectivity index (χ0n) is 17.5. The van der Waals surface area contributed by atoms with E-state index < -0.39 is 0 Å². The molecule has 0 bridgehead atoms. The van der Waals surface area contributed by atoms with Gasteiger partial charge in [-0.2, -0.15) is 0 Å². The first kappa shape index (κ1) is 23.4. The summed E-state index contributed by atoms with van der Waals surface area (Å²) in [6.45, 7) is 2.28. The van der Waals surface area contributed by atoms with Gasteiger partial charge in [-0.15, -0.1) is 0 Å². The Morgan fingerprint density at radius 2 is 1.19 bits per heavy atom. The van der Waals surface area contributed by atoms with E-state index in [2.05, 4.69) is 6.92 Å². The van der Waals surface area contributed by atoms with E-state index in [0.717, 1.165) is 32.1 Å². The number of Topliss-reactive ketones (excluding diaryl/α,β-unsaturated/α-hetero) is 2. The molecule has 0 amide bonds. The molecule has 152 valence electrons. The highest BCUT2D eigenvalue weighted by molar-refractivity contribution is 6.02. The molecule has 0 saturated heterocycles. The summed E-state index contributed by atoms with van der Waals surface area (Å²) < 4.78 is 0. The summed E-state index contributed by atoms with van der Waals surface area (Å²) >= 11 is 0. The fourth-order valence-corrected chi connectivity index (χ4v) is 4.17. The highest BCUT2D eigenvalue weighted by Gasteiger charge is 2.27. The van der Waals surface area contributed by atoms with Gasteiger partial charge in [-0.1, -0.05) is 103 Å². The van der Waals surface area contributed by atoms with Gasteiger partial charge in [0.15, 0.2) is 0 Å². The summed E-state index contributed by atoms with van der Waals surface area (Å²) in [6.07, 6.45) is 24.3. The zero-order chi connectivity index (χ0) is 18.9. The van der Waals surface area contributed by atoms with Crippen LogP contribution in [0.25, 0.3) is 0 Å². The van der Waals surface area contributed by atoms with Gasteiger partial charge < -0.3 is 0 Å². The molecule has 1 unspecified atom stereocenters. The quantitative estimate of drug-likeness (QED) is 0.197. The number of ketones is 2. The van der Waals surface area contributed by atoms with E-state index in [0.29, 0.717) is 12.8 Å². The first-order valence-electron chi connectivity index (χ1n) is 11.8. The van der Waals surface area contributed by atoms with E-state index in [4.69, 9.17) is 0 Å². The third-order valence-corrected chi connectivity index (χ3v) is 5.97. The van der Waals surface area contributed by atoms with E-state index in [1.807, 2.05) is 0 Å². The van der Waals surface area contributed by atoms with Gasteiger partial charge in [0.05, 0.1) is 5.92 Å². The number of rotatable bonds is 17. The average molecular weight is 365 g/mol. The zero-order valence-corrected chi connectivity index (χ0v) is 17.5. The molecule has 1 saturated carbocycles. The molecule has 0 spiro atoms. The van der Waals surface area contributed by atoms with Gasteiger partial charge in [-0.05, 0) is 19.3 Å². The smallest absolute Gasteiger partial charge is 0.143 e. The second-order valence-electron chi connectivity index (χ2n) is 8.43. The molecule has 1 rings (SSSR count). The molecule has 1 fully saturated rings. The van der Waals surface area contributed by atoms with Crippen LogP contribution in [0.1, 0.15) is 135 Å². The number of unbranched alkanes of at least 4 members (excludes halogenated alkanes) is 14. The Labute approximate surface area is 162 Å². The maximum atomic E-state index is 12.1. The fraction of sp³-hybridized carbons (Fsp3) is 0.917. The molecule has 0 N–H and O–H groups in total. The molecular formula is C24H44O2. The normalized spacial score (nSPS) is 17.6. The maximum Gasteiger partial charge on any atom is 0.143 e. The van der Waals surface area contributed by atoms with Crippen molar-refractivity contribution < 1.29 is 9.59 Å². The van der Waals surface area contributed by atoms with Crippen LogP contribution in [0.4, 0.5) is 0 Å². The molecule has 2 heteroatoms. The van der Waals surface area contributed by atoms with Crippen molar-refractivity contribution in [1.82, 2.24) is 0 Å². The Balaban J connectivity index is 1.79. The minimum atomic E-state index is -0.240. The van der Waals surface area contributed by atoms with Crippen molar-refractivity contribution in [3.8, 4) is 0 Å². The van der Waals surface area contributed by atoms with Crippen LogP contribution in [0.5, 0.6) is 0 Å². The lowest BCUT2D eigenvalue weighted by molar-refractivity contribution is -0.134. The van der Waals surface area contributed by atoms with Crippen LogP contribution in [-0.2, 0) is 9.59 Å². The summed E-state index contributed by atoms with van der Waals surface area (Å²) in [5.41, 5.74) is 0. The van der Waals surface area contributed by atoms with Gasteiger partial charge >= 0.3 is 0 Å². The predicted molar refractivity (Wildman–Crippen MR) is 112 cm³/mol. The molecule has 0 aromatic carbocycles. The third kappa shape index (κ3) is 11.9. The SMILES string of the molecule is CCCCCCCCCCCCCCCCCC(=O)C1CCCCC1=O. The molecule has 26 heavy (non-hydrogen) atoms. The van der Waals surface area contributed by atoms with Crippen molar-refractivity contribution in [3.05, 3.63) is 0 Å². The predicted octanol–water partition coefficient (Wildman–Crippen LogP) is 7.58. The number of hydrogen-bond acceptors (Lipinski definition) is 2. The molecule has 0 aromatic rings. The molecule has 0 aliphatic heterocycles. The van der Waals surface area contributed by atoms with Crippen molar-refractivity contribution >= 4 is 11.6 Å². The van der Waals surface area contributed by atoms with Crippen molar-refractivity contribution in [2.75, 3.05) is 0 Å². The summed E-state index contributed by atoms with van der Waals surface area (Å²) in [5, 5.41) is 0. The molecule has 0 radical (unpaired) electrons. The standard InChI is InChI=1S/C24H44O2/c1-2-3-4-5-6-7-8-9-10-11-12-13-14-15-16-20-23(25)22-19-17-18-21-24(22)26/h22H,2-21H2,1H3. The lowest BCUT2D eigenvalue weighted by Gasteiger charge is -2.19. The molecule has 0 aromatic heterocycles. The van der Waals surface area contributed by atoms with Gasteiger partial charge in [0.2, 0.25) is 0 Å². The van der Waals surface area contributed by atoms with Gasteiger partial charge in [-0.25, -0.2) is 0 Å². The first-order chi connectivity index (χ1) is 12.8. The highest BCUT2D eigenvalue weighted by atomic mass is 16.1. The monoisotopic (exact) mass is 364 g/mol. The number of carbonyl (C=O) groups is 2. The van der Waals surface area contributed by atoms with E-state index in [1.165, 1.54) is 83.5 Å². The van der Waals surface area contributed by atoms with Crippen molar-refractivity contribution in [3.63, 3.8) is 0 Å². The molecule has 1 aliphatic rings. The lowest BCUT2D eigenvalue weighted by Crippen LogP contribution is -2.27. The summed E-state index contributed by atoms with van der Waals surface area (Å²) in [4.78, 5) is 23.9. The summed E-state index contributed by atoms with van der Waals surface area (Å²) in [6, 6.07) is 0. The Morgan fingerprint density at radius 3 is 1.65 bits per heavy atom. The second-order valence-corrected chi connectivity index (χ2v) is 8.43. The van der Waals surface area contributed by atoms with Crippen molar-refractivity contribution in [2.24, 2.45) is 5.92 Å². The van der Waals surface area contributed by atoms with Crippen LogP contribution >= 0.6 is 0 Å². The molecule has 1 atom stereocenters. The van der Waals surface area contributed by atoms with E-state index >= 15 is 0 Å². The third-order valence-electron chi connectivity index (χ3n) is 5.97. The Morgan fingerprint density at radius 1 is 0.731 bits per heavy atom. The van der Waals surface area contributed by atoms with E-state index in [1.54, 1.807) is 0 Å². The van der Waals surface area contributed by atoms with Crippen LogP contribution in [0, 0.1) is 5.92 Å². The fourth-order valence-electron chi connectivity index (χ4n) is 4.17. The minimum Gasteiger partial charge on any atom is -0.299 e. The van der Waals surface area contributed by atoms with E-state index in [9.17, 15) is 9.59 Å². The minimum absolute atomic E-state index is 0.210. The molecular weight excluding hydrogens is 320 g/mol. The van der Waals surface area contributed by atoms with Crippen LogP contribution in [0.2, 0.25) is 0 Å². The Kier molecular flexibility index (Phi) is 14.8. The highest BCUT2D eigenvalue weighted by Crippen LogP contribution is 2.23. The second kappa shape index (κ2) is 16.5. The Bertz CT molecular complexity index is 361. The van der Waals surface area contributed by atoms with Crippen LogP contribution in [0.3, 0.4) is 0 Å². The first-order valence-corrected chi connectivity index (χ1v) is 11.8. The summed E-state index contributed by atoms with van der Waals surface area (Å²) in [5.74, 6) is 0.196. The summed E-state index contributed by atoms with van der Waals surface area (Å²) in [7, 11) is 0. The van der Waals surface area contributed by atoms with Gasteiger partial charge in [0.1, 0.15) is 11.6 Å². The van der Waals surface area contributed by atoms with Crippen molar-refractivity contribution in [2.45, 2.75) is 135 Å². The topological polar surface area (TPSA) is 34.1 Å². The Hall–Kier alpha value is -0.660. The molecule has 1 aliphatic carbocycles. The number of carbonyl (C=O) groups excluding carboxylic acids is 2. The lowest BCUT2D eigenvalue weighted by atomic mass is 9.83. The maximum absolute atomic E-state index is 12.1. The molecule has 2 nitrogen and oxygen atoms in total. The van der Waals surface area contributed by atoms with Crippen LogP contribution < -0.4 is 0 Å². The van der Waals surface area contributed by atoms with Gasteiger partial charge in [-0.3, -0.25) is 9.59 Å². The molecule has 0 heterocycles.